The Balaban J connectivity index is 1.94. The molecular weight excluding hydrogens is 449 g/mol. The number of carbonyl (C=O) groups excluding carboxylic acids is 1. The standard InChI is InChI=1S/C20H21Cl2N3O2S2/c1-9(2)25-19(27)15-10(3)11(4)28-18(15)24-20(25)29-12(5)17(26)23-14-8-6-7-13(21)16(14)22/h6-9,12H,1-5H3,(H,23,26). The number of hydrogen-bond donors (Lipinski definition) is 1. The fourth-order valence-corrected chi connectivity index (χ4v) is 5.33. The predicted molar refractivity (Wildman–Crippen MR) is 124 cm³/mol. The van der Waals surface area contributed by atoms with E-state index in [2.05, 4.69) is 5.32 Å². The number of nitrogens with zero attached hydrogens (tertiary/aromatic N) is 2. The van der Waals surface area contributed by atoms with Gasteiger partial charge in [-0.05, 0) is 52.3 Å². The maximum absolute atomic E-state index is 13.1. The molecule has 0 saturated carbocycles. The average molecular weight is 470 g/mol. The molecule has 29 heavy (non-hydrogen) atoms. The van der Waals surface area contributed by atoms with Crippen LogP contribution in [-0.2, 0) is 4.79 Å². The lowest BCUT2D eigenvalue weighted by molar-refractivity contribution is -0.115. The van der Waals surface area contributed by atoms with Gasteiger partial charge in [0.25, 0.3) is 5.56 Å². The molecule has 2 aromatic heterocycles. The molecule has 0 fully saturated rings. The number of aryl methyl sites for hydroxylation is 2. The molecule has 0 spiro atoms. The summed E-state index contributed by atoms with van der Waals surface area (Å²) < 4.78 is 1.66. The van der Waals surface area contributed by atoms with Gasteiger partial charge in [0.05, 0.1) is 26.4 Å². The molecule has 2 heterocycles. The molecule has 154 valence electrons. The fourth-order valence-electron chi connectivity index (χ4n) is 2.87. The van der Waals surface area contributed by atoms with Gasteiger partial charge < -0.3 is 5.32 Å². The van der Waals surface area contributed by atoms with E-state index in [1.54, 1.807) is 29.7 Å². The molecule has 3 rings (SSSR count). The monoisotopic (exact) mass is 469 g/mol. The van der Waals surface area contributed by atoms with E-state index in [1.807, 2.05) is 27.7 Å². The minimum absolute atomic E-state index is 0.0696. The normalized spacial score (nSPS) is 12.6. The second-order valence-corrected chi connectivity index (χ2v) is 10.3. The van der Waals surface area contributed by atoms with Crippen LogP contribution < -0.4 is 10.9 Å². The van der Waals surface area contributed by atoms with Crippen LogP contribution in [0, 0.1) is 13.8 Å². The number of rotatable bonds is 5. The van der Waals surface area contributed by atoms with Gasteiger partial charge in [0.15, 0.2) is 5.16 Å². The van der Waals surface area contributed by atoms with Crippen LogP contribution in [-0.4, -0.2) is 20.7 Å². The van der Waals surface area contributed by atoms with E-state index in [1.165, 1.54) is 23.1 Å². The first-order chi connectivity index (χ1) is 13.6. The summed E-state index contributed by atoms with van der Waals surface area (Å²) in [6.45, 7) is 9.57. The summed E-state index contributed by atoms with van der Waals surface area (Å²) in [7, 11) is 0. The number of fused-ring (bicyclic) bond motifs is 1. The van der Waals surface area contributed by atoms with Gasteiger partial charge in [0.2, 0.25) is 5.91 Å². The number of halogens is 2. The van der Waals surface area contributed by atoms with Crippen molar-refractivity contribution in [2.24, 2.45) is 0 Å². The molecule has 1 aromatic carbocycles. The highest BCUT2D eigenvalue weighted by Crippen LogP contribution is 2.33. The zero-order valence-electron chi connectivity index (χ0n) is 16.7. The van der Waals surface area contributed by atoms with Crippen molar-refractivity contribution in [3.8, 4) is 0 Å². The summed E-state index contributed by atoms with van der Waals surface area (Å²) in [6.07, 6.45) is 0. The van der Waals surface area contributed by atoms with Crippen molar-refractivity contribution in [1.82, 2.24) is 9.55 Å². The van der Waals surface area contributed by atoms with Gasteiger partial charge in [-0.15, -0.1) is 11.3 Å². The van der Waals surface area contributed by atoms with Crippen molar-refractivity contribution in [3.63, 3.8) is 0 Å². The van der Waals surface area contributed by atoms with E-state index >= 15 is 0 Å². The number of thiophene rings is 1. The molecule has 1 atom stereocenters. The molecule has 5 nitrogen and oxygen atoms in total. The van der Waals surface area contributed by atoms with E-state index in [9.17, 15) is 9.59 Å². The first-order valence-corrected chi connectivity index (χ1v) is 11.5. The third kappa shape index (κ3) is 4.33. The first-order valence-electron chi connectivity index (χ1n) is 9.05. The van der Waals surface area contributed by atoms with Gasteiger partial charge in [-0.1, -0.05) is 41.0 Å². The number of anilines is 1. The van der Waals surface area contributed by atoms with Gasteiger partial charge in [-0.2, -0.15) is 0 Å². The summed E-state index contributed by atoms with van der Waals surface area (Å²) in [4.78, 5) is 32.3. The van der Waals surface area contributed by atoms with Gasteiger partial charge >= 0.3 is 0 Å². The maximum atomic E-state index is 13.1. The number of carbonyl (C=O) groups is 1. The molecule has 0 radical (unpaired) electrons. The summed E-state index contributed by atoms with van der Waals surface area (Å²) in [5, 5.41) is 4.15. The average Bonchev–Trinajstić information content (AvgIpc) is 2.92. The predicted octanol–water partition coefficient (Wildman–Crippen LogP) is 6.08. The summed E-state index contributed by atoms with van der Waals surface area (Å²) in [6, 6.07) is 4.98. The molecule has 1 unspecified atom stereocenters. The lowest BCUT2D eigenvalue weighted by atomic mass is 10.2. The summed E-state index contributed by atoms with van der Waals surface area (Å²) in [5.74, 6) is -0.248. The van der Waals surface area contributed by atoms with Crippen molar-refractivity contribution in [2.75, 3.05) is 5.32 Å². The molecule has 0 aliphatic rings. The number of amides is 1. The quantitative estimate of drug-likeness (QED) is 0.363. The Bertz CT molecular complexity index is 1150. The lowest BCUT2D eigenvalue weighted by Crippen LogP contribution is -2.28. The largest absolute Gasteiger partial charge is 0.324 e. The molecule has 1 N–H and O–H groups in total. The van der Waals surface area contributed by atoms with E-state index in [0.29, 0.717) is 31.1 Å². The maximum Gasteiger partial charge on any atom is 0.263 e. The Labute approximate surface area is 187 Å². The molecule has 1 amide bonds. The highest BCUT2D eigenvalue weighted by atomic mass is 35.5. The summed E-state index contributed by atoms with van der Waals surface area (Å²) >= 11 is 14.9. The Hall–Kier alpha value is -1.54. The molecule has 3 aromatic rings. The van der Waals surface area contributed by atoms with Crippen molar-refractivity contribution in [2.45, 2.75) is 51.1 Å². The SMILES string of the molecule is Cc1sc2nc(SC(C)C(=O)Nc3cccc(Cl)c3Cl)n(C(C)C)c(=O)c2c1C. The number of thioether (sulfide) groups is 1. The highest BCUT2D eigenvalue weighted by molar-refractivity contribution is 8.00. The van der Waals surface area contributed by atoms with Crippen molar-refractivity contribution in [1.29, 1.82) is 0 Å². The number of aromatic nitrogens is 2. The van der Waals surface area contributed by atoms with Gasteiger partial charge in [0, 0.05) is 10.9 Å². The van der Waals surface area contributed by atoms with Gasteiger partial charge in [-0.3, -0.25) is 14.2 Å². The van der Waals surface area contributed by atoms with Gasteiger partial charge in [0.1, 0.15) is 4.83 Å². The second-order valence-electron chi connectivity index (χ2n) is 6.98. The Kier molecular flexibility index (Phi) is 6.63. The Morgan fingerprint density at radius 1 is 1.24 bits per heavy atom. The summed E-state index contributed by atoms with van der Waals surface area (Å²) in [5.41, 5.74) is 1.35. The molecule has 0 bridgehead atoms. The van der Waals surface area contributed by atoms with Crippen LogP contribution in [0.1, 0.15) is 37.3 Å². The third-order valence-electron chi connectivity index (χ3n) is 4.58. The number of benzene rings is 1. The number of nitrogens with one attached hydrogen (secondary N) is 1. The second kappa shape index (κ2) is 8.68. The highest BCUT2D eigenvalue weighted by Gasteiger charge is 2.23. The van der Waals surface area contributed by atoms with E-state index in [0.717, 1.165) is 10.4 Å². The van der Waals surface area contributed by atoms with Crippen molar-refractivity contribution < 1.29 is 4.79 Å². The van der Waals surface area contributed by atoms with E-state index < -0.39 is 5.25 Å². The van der Waals surface area contributed by atoms with Crippen LogP contribution in [0.2, 0.25) is 10.0 Å². The lowest BCUT2D eigenvalue weighted by Gasteiger charge is -2.18. The Morgan fingerprint density at radius 2 is 1.93 bits per heavy atom. The van der Waals surface area contributed by atoms with Crippen LogP contribution in [0.25, 0.3) is 10.2 Å². The van der Waals surface area contributed by atoms with E-state index in [-0.39, 0.29) is 17.5 Å². The molecule has 9 heteroatoms. The zero-order chi connectivity index (χ0) is 21.5. The van der Waals surface area contributed by atoms with Crippen LogP contribution in [0.4, 0.5) is 5.69 Å². The Morgan fingerprint density at radius 3 is 2.59 bits per heavy atom. The van der Waals surface area contributed by atoms with Crippen molar-refractivity contribution in [3.05, 3.63) is 49.0 Å². The first kappa shape index (κ1) is 22.2. The van der Waals surface area contributed by atoms with Crippen molar-refractivity contribution >= 4 is 68.1 Å². The van der Waals surface area contributed by atoms with Gasteiger partial charge in [-0.25, -0.2) is 4.98 Å². The molecule has 0 aliphatic heterocycles. The van der Waals surface area contributed by atoms with E-state index in [4.69, 9.17) is 28.2 Å². The number of hydrogen-bond acceptors (Lipinski definition) is 5. The smallest absolute Gasteiger partial charge is 0.263 e. The van der Waals surface area contributed by atoms with Crippen LogP contribution in [0.15, 0.2) is 28.2 Å². The molecular formula is C20H21Cl2N3O2S2. The van der Waals surface area contributed by atoms with Crippen LogP contribution in [0.3, 0.4) is 0 Å². The third-order valence-corrected chi connectivity index (χ3v) is 7.57. The zero-order valence-corrected chi connectivity index (χ0v) is 19.8. The minimum Gasteiger partial charge on any atom is -0.324 e. The minimum atomic E-state index is -0.499. The fraction of sp³-hybridized carbons (Fsp3) is 0.350. The van der Waals surface area contributed by atoms with Crippen LogP contribution in [0.5, 0.6) is 0 Å². The van der Waals surface area contributed by atoms with Crippen LogP contribution >= 0.6 is 46.3 Å². The molecule has 0 aliphatic carbocycles. The molecule has 0 saturated heterocycles. The topological polar surface area (TPSA) is 64.0 Å².